The first-order valence-electron chi connectivity index (χ1n) is 6.68. The van der Waals surface area contributed by atoms with Crippen molar-refractivity contribution in [2.24, 2.45) is 11.8 Å². The van der Waals surface area contributed by atoms with Gasteiger partial charge in [0.15, 0.2) is 0 Å². The van der Waals surface area contributed by atoms with Crippen molar-refractivity contribution in [1.29, 1.82) is 0 Å². The summed E-state index contributed by atoms with van der Waals surface area (Å²) in [5.41, 5.74) is 0. The Balaban J connectivity index is 2.25. The first-order valence-corrected chi connectivity index (χ1v) is 6.68. The Kier molecular flexibility index (Phi) is 6.32. The Labute approximate surface area is 101 Å². The van der Waals surface area contributed by atoms with Gasteiger partial charge in [-0.15, -0.1) is 0 Å². The van der Waals surface area contributed by atoms with Gasteiger partial charge in [0.2, 0.25) is 0 Å². The average molecular weight is 227 g/mol. The Morgan fingerprint density at radius 2 is 2.12 bits per heavy atom. The van der Waals surface area contributed by atoms with E-state index in [-0.39, 0.29) is 0 Å². The molecule has 3 heteroatoms. The molecular formula is C13H29N3. The van der Waals surface area contributed by atoms with Crippen LogP contribution in [-0.2, 0) is 0 Å². The van der Waals surface area contributed by atoms with Crippen LogP contribution < -0.4 is 10.6 Å². The van der Waals surface area contributed by atoms with Crippen LogP contribution >= 0.6 is 0 Å². The summed E-state index contributed by atoms with van der Waals surface area (Å²) in [7, 11) is 4.30. The fourth-order valence-electron chi connectivity index (χ4n) is 2.32. The maximum absolute atomic E-state index is 3.74. The second-order valence-corrected chi connectivity index (χ2v) is 5.73. The van der Waals surface area contributed by atoms with E-state index in [9.17, 15) is 0 Å². The quantitative estimate of drug-likeness (QED) is 0.713. The van der Waals surface area contributed by atoms with Gasteiger partial charge >= 0.3 is 0 Å². The lowest BCUT2D eigenvalue weighted by molar-refractivity contribution is 0.265. The normalized spacial score (nSPS) is 24.0. The third kappa shape index (κ3) is 5.28. The summed E-state index contributed by atoms with van der Waals surface area (Å²) in [4.78, 5) is 2.27. The summed E-state index contributed by atoms with van der Waals surface area (Å²) in [6.45, 7) is 9.32. The highest BCUT2D eigenvalue weighted by molar-refractivity contribution is 4.77. The van der Waals surface area contributed by atoms with E-state index in [1.54, 1.807) is 0 Å². The van der Waals surface area contributed by atoms with Crippen LogP contribution in [0.1, 0.15) is 26.7 Å². The second-order valence-electron chi connectivity index (χ2n) is 5.73. The third-order valence-electron chi connectivity index (χ3n) is 3.43. The minimum Gasteiger partial charge on any atom is -0.316 e. The zero-order valence-corrected chi connectivity index (χ0v) is 11.4. The lowest BCUT2D eigenvalue weighted by Crippen LogP contribution is -2.46. The number of likely N-dealkylation sites (N-methyl/N-ethyl adjacent to an activating group) is 1. The Bertz CT molecular complexity index is 174. The van der Waals surface area contributed by atoms with E-state index in [4.69, 9.17) is 0 Å². The van der Waals surface area contributed by atoms with Crippen LogP contribution in [-0.4, -0.2) is 51.2 Å². The molecule has 1 fully saturated rings. The molecule has 0 aromatic heterocycles. The standard InChI is InChI=1S/C13H29N3/c1-11(2)13(10-16(3)4)15-9-12-6-5-7-14-8-12/h11-15H,5-10H2,1-4H3. The highest BCUT2D eigenvalue weighted by Crippen LogP contribution is 2.10. The van der Waals surface area contributed by atoms with E-state index in [2.05, 4.69) is 43.5 Å². The monoisotopic (exact) mass is 227 g/mol. The van der Waals surface area contributed by atoms with Gasteiger partial charge in [0.1, 0.15) is 0 Å². The van der Waals surface area contributed by atoms with E-state index < -0.39 is 0 Å². The van der Waals surface area contributed by atoms with Gasteiger partial charge in [-0.3, -0.25) is 0 Å². The molecule has 1 heterocycles. The van der Waals surface area contributed by atoms with Crippen LogP contribution in [0, 0.1) is 11.8 Å². The predicted octanol–water partition coefficient (Wildman–Crippen LogP) is 1.16. The SMILES string of the molecule is CC(C)C(CN(C)C)NCC1CCCNC1. The van der Waals surface area contributed by atoms with Crippen molar-refractivity contribution < 1.29 is 0 Å². The molecule has 1 saturated heterocycles. The van der Waals surface area contributed by atoms with Gasteiger partial charge in [0.25, 0.3) is 0 Å². The van der Waals surface area contributed by atoms with E-state index in [1.165, 1.54) is 32.5 Å². The zero-order valence-electron chi connectivity index (χ0n) is 11.4. The first-order chi connectivity index (χ1) is 7.59. The number of rotatable bonds is 6. The number of nitrogens with one attached hydrogen (secondary N) is 2. The van der Waals surface area contributed by atoms with E-state index in [1.807, 2.05) is 0 Å². The minimum atomic E-state index is 0.622. The van der Waals surface area contributed by atoms with Crippen LogP contribution in [0.5, 0.6) is 0 Å². The Morgan fingerprint density at radius 1 is 1.38 bits per heavy atom. The fraction of sp³-hybridized carbons (Fsp3) is 1.00. The van der Waals surface area contributed by atoms with Gasteiger partial charge in [0, 0.05) is 12.6 Å². The zero-order chi connectivity index (χ0) is 12.0. The van der Waals surface area contributed by atoms with Crippen molar-refractivity contribution in [1.82, 2.24) is 15.5 Å². The van der Waals surface area contributed by atoms with E-state index in [0.717, 1.165) is 12.5 Å². The van der Waals surface area contributed by atoms with Gasteiger partial charge in [-0.25, -0.2) is 0 Å². The van der Waals surface area contributed by atoms with Gasteiger partial charge in [-0.2, -0.15) is 0 Å². The molecule has 1 rings (SSSR count). The maximum atomic E-state index is 3.74. The molecule has 0 saturated carbocycles. The van der Waals surface area contributed by atoms with Crippen molar-refractivity contribution in [2.45, 2.75) is 32.7 Å². The lowest BCUT2D eigenvalue weighted by Gasteiger charge is -2.29. The van der Waals surface area contributed by atoms with E-state index >= 15 is 0 Å². The molecule has 2 unspecified atom stereocenters. The van der Waals surface area contributed by atoms with Gasteiger partial charge in [-0.05, 0) is 58.4 Å². The number of piperidine rings is 1. The summed E-state index contributed by atoms with van der Waals surface area (Å²) in [6, 6.07) is 0.622. The van der Waals surface area contributed by atoms with Crippen molar-refractivity contribution in [3.05, 3.63) is 0 Å². The van der Waals surface area contributed by atoms with Gasteiger partial charge in [-0.1, -0.05) is 13.8 Å². The molecule has 0 aromatic rings. The summed E-state index contributed by atoms with van der Waals surface area (Å²) in [6.07, 6.45) is 2.72. The predicted molar refractivity (Wildman–Crippen MR) is 70.8 cm³/mol. The second kappa shape index (κ2) is 7.25. The molecule has 16 heavy (non-hydrogen) atoms. The van der Waals surface area contributed by atoms with Gasteiger partial charge in [0.05, 0.1) is 0 Å². The van der Waals surface area contributed by atoms with Crippen molar-refractivity contribution in [2.75, 3.05) is 40.3 Å². The number of hydrogen-bond donors (Lipinski definition) is 2. The third-order valence-corrected chi connectivity index (χ3v) is 3.43. The fourth-order valence-corrected chi connectivity index (χ4v) is 2.32. The molecule has 1 aliphatic heterocycles. The first kappa shape index (κ1) is 13.9. The topological polar surface area (TPSA) is 27.3 Å². The van der Waals surface area contributed by atoms with Crippen LogP contribution in [0.3, 0.4) is 0 Å². The molecular weight excluding hydrogens is 198 g/mol. The number of nitrogens with zero attached hydrogens (tertiary/aromatic N) is 1. The molecule has 0 radical (unpaired) electrons. The summed E-state index contributed by atoms with van der Waals surface area (Å²) < 4.78 is 0. The Morgan fingerprint density at radius 3 is 2.62 bits per heavy atom. The molecule has 0 aromatic carbocycles. The van der Waals surface area contributed by atoms with Crippen LogP contribution in [0.2, 0.25) is 0 Å². The van der Waals surface area contributed by atoms with Crippen molar-refractivity contribution in [3.8, 4) is 0 Å². The van der Waals surface area contributed by atoms with Crippen LogP contribution in [0.25, 0.3) is 0 Å². The lowest BCUT2D eigenvalue weighted by atomic mass is 9.97. The molecule has 2 N–H and O–H groups in total. The highest BCUT2D eigenvalue weighted by Gasteiger charge is 2.17. The van der Waals surface area contributed by atoms with Crippen molar-refractivity contribution in [3.63, 3.8) is 0 Å². The largest absolute Gasteiger partial charge is 0.316 e. The summed E-state index contributed by atoms with van der Waals surface area (Å²) >= 11 is 0. The van der Waals surface area contributed by atoms with Crippen molar-refractivity contribution >= 4 is 0 Å². The molecule has 96 valence electrons. The van der Waals surface area contributed by atoms with Gasteiger partial charge < -0.3 is 15.5 Å². The average Bonchev–Trinajstić information content (AvgIpc) is 2.25. The molecule has 0 spiro atoms. The van der Waals surface area contributed by atoms with E-state index in [0.29, 0.717) is 12.0 Å². The molecule has 0 amide bonds. The van der Waals surface area contributed by atoms with Crippen LogP contribution in [0.4, 0.5) is 0 Å². The summed E-state index contributed by atoms with van der Waals surface area (Å²) in [5, 5.41) is 7.22. The summed E-state index contributed by atoms with van der Waals surface area (Å²) in [5.74, 6) is 1.54. The highest BCUT2D eigenvalue weighted by atomic mass is 15.1. The number of hydrogen-bond acceptors (Lipinski definition) is 3. The molecule has 1 aliphatic rings. The molecule has 2 atom stereocenters. The Hall–Kier alpha value is -0.120. The molecule has 3 nitrogen and oxygen atoms in total. The van der Waals surface area contributed by atoms with Crippen LogP contribution in [0.15, 0.2) is 0 Å². The molecule has 0 aliphatic carbocycles. The molecule has 0 bridgehead atoms. The maximum Gasteiger partial charge on any atom is 0.0217 e. The minimum absolute atomic E-state index is 0.622. The smallest absolute Gasteiger partial charge is 0.0217 e.